The number of carbonyl (C=O) groups is 2. The van der Waals surface area contributed by atoms with Gasteiger partial charge in [-0.05, 0) is 30.6 Å². The number of carbonyl (C=O) groups excluding carboxylic acids is 1. The van der Waals surface area contributed by atoms with Crippen molar-refractivity contribution in [3.05, 3.63) is 0 Å². The van der Waals surface area contributed by atoms with Crippen LogP contribution in [-0.2, 0) is 9.59 Å². The molecule has 0 aromatic rings. The highest BCUT2D eigenvalue weighted by molar-refractivity contribution is 5.87. The van der Waals surface area contributed by atoms with Gasteiger partial charge < -0.3 is 10.4 Å². The molecule has 0 aliphatic heterocycles. The normalized spacial score (nSPS) is 33.3. The smallest absolute Gasteiger partial charge is 0.326 e. The summed E-state index contributed by atoms with van der Waals surface area (Å²) in [5.41, 5.74) is 0. The first-order valence-electron chi connectivity index (χ1n) is 6.05. The molecule has 0 aromatic heterocycles. The predicted octanol–water partition coefficient (Wildman–Crippen LogP) is 1.26. The van der Waals surface area contributed by atoms with Gasteiger partial charge in [-0.25, -0.2) is 4.79 Å². The van der Waals surface area contributed by atoms with Crippen molar-refractivity contribution < 1.29 is 14.7 Å². The maximum absolute atomic E-state index is 11.9. The van der Waals surface area contributed by atoms with Gasteiger partial charge in [-0.1, -0.05) is 20.3 Å². The molecule has 4 heteroatoms. The summed E-state index contributed by atoms with van der Waals surface area (Å²) in [6.45, 7) is 3.62. The lowest BCUT2D eigenvalue weighted by Crippen LogP contribution is -2.45. The number of amides is 1. The van der Waals surface area contributed by atoms with E-state index in [1.54, 1.807) is 0 Å². The number of fused-ring (bicyclic) bond motifs is 1. The summed E-state index contributed by atoms with van der Waals surface area (Å²) in [6.07, 6.45) is 3.51. The molecule has 2 fully saturated rings. The molecule has 16 heavy (non-hydrogen) atoms. The highest BCUT2D eigenvalue weighted by Crippen LogP contribution is 2.57. The van der Waals surface area contributed by atoms with Crippen LogP contribution >= 0.6 is 0 Å². The van der Waals surface area contributed by atoms with Gasteiger partial charge in [0.05, 0.1) is 0 Å². The van der Waals surface area contributed by atoms with Crippen molar-refractivity contribution in [3.8, 4) is 0 Å². The van der Waals surface area contributed by atoms with Gasteiger partial charge in [-0.2, -0.15) is 0 Å². The van der Waals surface area contributed by atoms with Crippen molar-refractivity contribution >= 4 is 11.9 Å². The highest BCUT2D eigenvalue weighted by atomic mass is 16.4. The zero-order valence-corrected chi connectivity index (χ0v) is 9.77. The summed E-state index contributed by atoms with van der Waals surface area (Å²) < 4.78 is 0. The fraction of sp³-hybridized carbons (Fsp3) is 0.833. The summed E-state index contributed by atoms with van der Waals surface area (Å²) in [5, 5.41) is 11.7. The standard InChI is InChI=1S/C12H19NO3/c1-6(2)10(12(15)16)13-11(14)9-7-4-3-5-8(7)9/h6-10H,3-5H2,1-2H3,(H,13,14)(H,15,16). The molecule has 0 bridgehead atoms. The van der Waals surface area contributed by atoms with Crippen molar-refractivity contribution in [3.63, 3.8) is 0 Å². The van der Waals surface area contributed by atoms with Crippen LogP contribution in [-0.4, -0.2) is 23.0 Å². The van der Waals surface area contributed by atoms with E-state index >= 15 is 0 Å². The molecule has 2 rings (SSSR count). The molecule has 2 saturated carbocycles. The molecule has 0 saturated heterocycles. The molecule has 2 aliphatic carbocycles. The average molecular weight is 225 g/mol. The van der Waals surface area contributed by atoms with E-state index in [9.17, 15) is 9.59 Å². The van der Waals surface area contributed by atoms with Crippen molar-refractivity contribution in [1.29, 1.82) is 0 Å². The molecule has 4 nitrogen and oxygen atoms in total. The van der Waals surface area contributed by atoms with Crippen LogP contribution in [0.1, 0.15) is 33.1 Å². The molecule has 0 heterocycles. The summed E-state index contributed by atoms with van der Waals surface area (Å²) >= 11 is 0. The zero-order chi connectivity index (χ0) is 11.9. The number of carboxylic acids is 1. The lowest BCUT2D eigenvalue weighted by atomic mass is 10.0. The van der Waals surface area contributed by atoms with Crippen molar-refractivity contribution in [1.82, 2.24) is 5.32 Å². The predicted molar refractivity (Wildman–Crippen MR) is 58.7 cm³/mol. The zero-order valence-electron chi connectivity index (χ0n) is 9.77. The van der Waals surface area contributed by atoms with E-state index in [0.29, 0.717) is 11.8 Å². The molecule has 2 aliphatic rings. The molecule has 0 spiro atoms. The first kappa shape index (κ1) is 11.4. The van der Waals surface area contributed by atoms with E-state index in [1.165, 1.54) is 6.42 Å². The fourth-order valence-corrected chi connectivity index (χ4v) is 2.97. The Morgan fingerprint density at radius 1 is 1.25 bits per heavy atom. The summed E-state index contributed by atoms with van der Waals surface area (Å²) in [5.74, 6) is 0.141. The molecular formula is C12H19NO3. The minimum absolute atomic E-state index is 0.0456. The number of hydrogen-bond donors (Lipinski definition) is 2. The van der Waals surface area contributed by atoms with E-state index < -0.39 is 12.0 Å². The van der Waals surface area contributed by atoms with Crippen LogP contribution in [0.4, 0.5) is 0 Å². The minimum Gasteiger partial charge on any atom is -0.480 e. The number of rotatable bonds is 4. The molecule has 0 radical (unpaired) electrons. The summed E-state index contributed by atoms with van der Waals surface area (Å²) in [7, 11) is 0. The SMILES string of the molecule is CC(C)C(NC(=O)C1C2CCCC21)C(=O)O. The number of nitrogens with one attached hydrogen (secondary N) is 1. The van der Waals surface area contributed by atoms with Gasteiger partial charge in [0.25, 0.3) is 0 Å². The third-order valence-corrected chi connectivity index (χ3v) is 3.94. The van der Waals surface area contributed by atoms with E-state index in [0.717, 1.165) is 12.8 Å². The minimum atomic E-state index is -0.936. The molecule has 3 atom stereocenters. The van der Waals surface area contributed by atoms with Gasteiger partial charge in [0, 0.05) is 5.92 Å². The topological polar surface area (TPSA) is 66.4 Å². The fourth-order valence-electron chi connectivity index (χ4n) is 2.97. The molecule has 2 N–H and O–H groups in total. The lowest BCUT2D eigenvalue weighted by molar-refractivity contribution is -0.143. The molecule has 3 unspecified atom stereocenters. The van der Waals surface area contributed by atoms with Gasteiger partial charge in [-0.3, -0.25) is 4.79 Å². The number of hydrogen-bond acceptors (Lipinski definition) is 2. The Bertz CT molecular complexity index is 303. The van der Waals surface area contributed by atoms with Crippen LogP contribution in [0.25, 0.3) is 0 Å². The van der Waals surface area contributed by atoms with Crippen molar-refractivity contribution in [2.24, 2.45) is 23.7 Å². The Balaban J connectivity index is 1.89. The second-order valence-electron chi connectivity index (χ2n) is 5.35. The average Bonchev–Trinajstić information content (AvgIpc) is 2.67. The Kier molecular flexibility index (Phi) is 2.91. The van der Waals surface area contributed by atoms with E-state index in [2.05, 4.69) is 5.32 Å². The van der Waals surface area contributed by atoms with Gasteiger partial charge in [0.1, 0.15) is 6.04 Å². The third-order valence-electron chi connectivity index (χ3n) is 3.94. The Morgan fingerprint density at radius 3 is 2.25 bits per heavy atom. The summed E-state index contributed by atoms with van der Waals surface area (Å²) in [6, 6.07) is -0.742. The lowest BCUT2D eigenvalue weighted by Gasteiger charge is -2.18. The van der Waals surface area contributed by atoms with Crippen molar-refractivity contribution in [2.45, 2.75) is 39.2 Å². The first-order chi connectivity index (χ1) is 7.52. The molecule has 1 amide bonds. The van der Waals surface area contributed by atoms with Crippen LogP contribution in [0.3, 0.4) is 0 Å². The maximum atomic E-state index is 11.9. The van der Waals surface area contributed by atoms with Gasteiger partial charge >= 0.3 is 5.97 Å². The van der Waals surface area contributed by atoms with Crippen LogP contribution in [0.15, 0.2) is 0 Å². The van der Waals surface area contributed by atoms with Crippen LogP contribution in [0, 0.1) is 23.7 Å². The van der Waals surface area contributed by atoms with Crippen LogP contribution in [0.5, 0.6) is 0 Å². The third kappa shape index (κ3) is 1.93. The monoisotopic (exact) mass is 225 g/mol. The second-order valence-corrected chi connectivity index (χ2v) is 5.35. The maximum Gasteiger partial charge on any atom is 0.326 e. The second kappa shape index (κ2) is 4.07. The quantitative estimate of drug-likeness (QED) is 0.757. The molecule has 90 valence electrons. The van der Waals surface area contributed by atoms with Crippen LogP contribution < -0.4 is 5.32 Å². The number of aliphatic carboxylic acids is 1. The van der Waals surface area contributed by atoms with E-state index in [-0.39, 0.29) is 17.7 Å². The van der Waals surface area contributed by atoms with E-state index in [4.69, 9.17) is 5.11 Å². The van der Waals surface area contributed by atoms with Gasteiger partial charge in [0.15, 0.2) is 0 Å². The van der Waals surface area contributed by atoms with Crippen LogP contribution in [0.2, 0.25) is 0 Å². The Morgan fingerprint density at radius 2 is 1.81 bits per heavy atom. The van der Waals surface area contributed by atoms with Gasteiger partial charge in [-0.15, -0.1) is 0 Å². The van der Waals surface area contributed by atoms with Crippen molar-refractivity contribution in [2.75, 3.05) is 0 Å². The Labute approximate surface area is 95.4 Å². The largest absolute Gasteiger partial charge is 0.480 e. The van der Waals surface area contributed by atoms with E-state index in [1.807, 2.05) is 13.8 Å². The molecular weight excluding hydrogens is 206 g/mol. The molecule has 0 aromatic carbocycles. The first-order valence-corrected chi connectivity index (χ1v) is 6.05. The number of carboxylic acid groups (broad SMARTS) is 1. The Hall–Kier alpha value is -1.06. The highest BCUT2D eigenvalue weighted by Gasteiger charge is 2.56. The summed E-state index contributed by atoms with van der Waals surface area (Å²) in [4.78, 5) is 22.8. The van der Waals surface area contributed by atoms with Gasteiger partial charge in [0.2, 0.25) is 5.91 Å².